The zero-order valence-electron chi connectivity index (χ0n) is 8.98. The molecular formula is C10H18ClN3S. The highest BCUT2D eigenvalue weighted by Gasteiger charge is 2.19. The van der Waals surface area contributed by atoms with Gasteiger partial charge in [0.1, 0.15) is 5.01 Å². The van der Waals surface area contributed by atoms with E-state index >= 15 is 0 Å². The van der Waals surface area contributed by atoms with E-state index in [2.05, 4.69) is 16.8 Å². The van der Waals surface area contributed by atoms with E-state index in [-0.39, 0.29) is 12.4 Å². The van der Waals surface area contributed by atoms with Crippen LogP contribution >= 0.6 is 23.7 Å². The quantitative estimate of drug-likeness (QED) is 0.884. The van der Waals surface area contributed by atoms with Crippen LogP contribution in [0.4, 0.5) is 0 Å². The summed E-state index contributed by atoms with van der Waals surface area (Å²) in [6.45, 7) is 5.31. The van der Waals surface area contributed by atoms with Crippen LogP contribution in [0.25, 0.3) is 0 Å². The van der Waals surface area contributed by atoms with Gasteiger partial charge in [0.15, 0.2) is 0 Å². The maximum absolute atomic E-state index is 5.85. The summed E-state index contributed by atoms with van der Waals surface area (Å²) >= 11 is 1.83. The summed E-state index contributed by atoms with van der Waals surface area (Å²) in [5.41, 5.74) is 5.85. The average molecular weight is 248 g/mol. The van der Waals surface area contributed by atoms with Crippen molar-refractivity contribution in [3.8, 4) is 0 Å². The Kier molecular flexibility index (Phi) is 4.99. The van der Waals surface area contributed by atoms with E-state index in [1.165, 1.54) is 9.88 Å². The smallest absolute Gasteiger partial charge is 0.107 e. The number of halogens is 1. The predicted octanol–water partition coefficient (Wildman–Crippen LogP) is 1.66. The summed E-state index contributed by atoms with van der Waals surface area (Å²) in [5.74, 6) is 0. The maximum atomic E-state index is 5.85. The zero-order valence-corrected chi connectivity index (χ0v) is 10.6. The van der Waals surface area contributed by atoms with Crippen molar-refractivity contribution in [1.82, 2.24) is 9.88 Å². The van der Waals surface area contributed by atoms with Crippen molar-refractivity contribution in [1.29, 1.82) is 0 Å². The van der Waals surface area contributed by atoms with Crippen LogP contribution in [-0.2, 0) is 13.0 Å². The molecule has 2 rings (SSSR count). The molecule has 0 aliphatic carbocycles. The topological polar surface area (TPSA) is 42.2 Å². The van der Waals surface area contributed by atoms with E-state index in [0.29, 0.717) is 6.04 Å². The summed E-state index contributed by atoms with van der Waals surface area (Å²) in [6, 6.07) is 0.376. The number of hydrogen-bond donors (Lipinski definition) is 1. The van der Waals surface area contributed by atoms with Gasteiger partial charge in [0.05, 0.1) is 6.54 Å². The Morgan fingerprint density at radius 2 is 2.47 bits per heavy atom. The Morgan fingerprint density at radius 3 is 3.00 bits per heavy atom. The molecule has 1 aliphatic heterocycles. The molecule has 1 aliphatic rings. The molecule has 1 saturated heterocycles. The Bertz CT molecular complexity index is 303. The van der Waals surface area contributed by atoms with Gasteiger partial charge in [0.25, 0.3) is 0 Å². The molecule has 0 amide bonds. The second-order valence-corrected chi connectivity index (χ2v) is 5.06. The molecule has 0 unspecified atom stereocenters. The van der Waals surface area contributed by atoms with Gasteiger partial charge in [-0.15, -0.1) is 23.7 Å². The van der Waals surface area contributed by atoms with Crippen molar-refractivity contribution in [2.24, 2.45) is 5.73 Å². The van der Waals surface area contributed by atoms with Gasteiger partial charge in [0, 0.05) is 30.2 Å². The number of thiazole rings is 1. The molecule has 0 aromatic carbocycles. The summed E-state index contributed by atoms with van der Waals surface area (Å²) in [4.78, 5) is 8.18. The first kappa shape index (κ1) is 12.9. The van der Waals surface area contributed by atoms with Crippen molar-refractivity contribution >= 4 is 23.7 Å². The second kappa shape index (κ2) is 5.80. The largest absolute Gasteiger partial charge is 0.326 e. The third-order valence-electron chi connectivity index (χ3n) is 2.62. The average Bonchev–Trinajstić information content (AvgIpc) is 2.76. The van der Waals surface area contributed by atoms with E-state index in [9.17, 15) is 0 Å². The molecule has 0 bridgehead atoms. The molecule has 1 aromatic rings. The van der Waals surface area contributed by atoms with Gasteiger partial charge in [-0.1, -0.05) is 6.92 Å². The number of nitrogens with zero attached hydrogens (tertiary/aromatic N) is 2. The number of hydrogen-bond acceptors (Lipinski definition) is 4. The van der Waals surface area contributed by atoms with Crippen LogP contribution in [0.2, 0.25) is 0 Å². The van der Waals surface area contributed by atoms with Crippen LogP contribution in [0.1, 0.15) is 23.2 Å². The molecule has 0 spiro atoms. The highest BCUT2D eigenvalue weighted by Crippen LogP contribution is 2.17. The summed E-state index contributed by atoms with van der Waals surface area (Å²) in [6.07, 6.45) is 4.22. The molecule has 2 N–H and O–H groups in total. The monoisotopic (exact) mass is 247 g/mol. The van der Waals surface area contributed by atoms with E-state index in [4.69, 9.17) is 5.73 Å². The number of likely N-dealkylation sites (tertiary alicyclic amines) is 1. The standard InChI is InChI=1S/C10H17N3S.ClH/c1-2-9-5-12-10(14-9)7-13-4-3-8(11)6-13;/h5,8H,2-4,6-7,11H2,1H3;1H/t8-;/m1./s1. The molecule has 86 valence electrons. The van der Waals surface area contributed by atoms with Crippen molar-refractivity contribution in [2.75, 3.05) is 13.1 Å². The Labute approximate surface area is 101 Å². The maximum Gasteiger partial charge on any atom is 0.107 e. The van der Waals surface area contributed by atoms with Gasteiger partial charge in [0.2, 0.25) is 0 Å². The minimum atomic E-state index is 0. The molecule has 1 fully saturated rings. The fourth-order valence-corrected chi connectivity index (χ4v) is 2.69. The third-order valence-corrected chi connectivity index (χ3v) is 3.74. The molecule has 15 heavy (non-hydrogen) atoms. The Hall–Kier alpha value is -0.160. The van der Waals surface area contributed by atoms with Crippen LogP contribution in [0.3, 0.4) is 0 Å². The summed E-state index contributed by atoms with van der Waals surface area (Å²) < 4.78 is 0. The lowest BCUT2D eigenvalue weighted by molar-refractivity contribution is 0.326. The van der Waals surface area contributed by atoms with Crippen molar-refractivity contribution in [3.63, 3.8) is 0 Å². The third kappa shape index (κ3) is 3.41. The first-order valence-corrected chi connectivity index (χ1v) is 6.01. The van der Waals surface area contributed by atoms with Gasteiger partial charge in [-0.2, -0.15) is 0 Å². The number of aromatic nitrogens is 1. The Balaban J connectivity index is 0.00000112. The highest BCUT2D eigenvalue weighted by atomic mass is 35.5. The minimum Gasteiger partial charge on any atom is -0.326 e. The van der Waals surface area contributed by atoms with Crippen LogP contribution < -0.4 is 5.73 Å². The highest BCUT2D eigenvalue weighted by molar-refractivity contribution is 7.11. The lowest BCUT2D eigenvalue weighted by atomic mass is 10.3. The van der Waals surface area contributed by atoms with Crippen LogP contribution in [0.5, 0.6) is 0 Å². The molecule has 0 saturated carbocycles. The van der Waals surface area contributed by atoms with Gasteiger partial charge >= 0.3 is 0 Å². The number of nitrogens with two attached hydrogens (primary N) is 1. The zero-order chi connectivity index (χ0) is 9.97. The molecule has 3 nitrogen and oxygen atoms in total. The fraction of sp³-hybridized carbons (Fsp3) is 0.700. The Morgan fingerprint density at radius 1 is 1.67 bits per heavy atom. The molecule has 0 radical (unpaired) electrons. The normalized spacial score (nSPS) is 21.6. The van der Waals surface area contributed by atoms with E-state index < -0.39 is 0 Å². The molecule has 1 atom stereocenters. The lowest BCUT2D eigenvalue weighted by Crippen LogP contribution is -2.26. The first-order chi connectivity index (χ1) is 6.78. The van der Waals surface area contributed by atoms with Crippen LogP contribution in [-0.4, -0.2) is 29.0 Å². The number of aryl methyl sites for hydroxylation is 1. The van der Waals surface area contributed by atoms with Crippen LogP contribution in [0, 0.1) is 0 Å². The predicted molar refractivity (Wildman–Crippen MR) is 66.6 cm³/mol. The van der Waals surface area contributed by atoms with Gasteiger partial charge in [-0.25, -0.2) is 4.98 Å². The van der Waals surface area contributed by atoms with E-state index in [0.717, 1.165) is 32.5 Å². The first-order valence-electron chi connectivity index (χ1n) is 5.19. The summed E-state index contributed by atoms with van der Waals surface area (Å²) in [7, 11) is 0. The summed E-state index contributed by atoms with van der Waals surface area (Å²) in [5, 5.41) is 1.23. The van der Waals surface area contributed by atoms with Gasteiger partial charge < -0.3 is 5.73 Å². The molecule has 5 heteroatoms. The SMILES string of the molecule is CCc1cnc(CN2CC[C@@H](N)C2)s1.Cl. The molecular weight excluding hydrogens is 230 g/mol. The second-order valence-electron chi connectivity index (χ2n) is 3.86. The van der Waals surface area contributed by atoms with Gasteiger partial charge in [-0.05, 0) is 12.8 Å². The van der Waals surface area contributed by atoms with E-state index in [1.54, 1.807) is 0 Å². The van der Waals surface area contributed by atoms with Crippen molar-refractivity contribution in [2.45, 2.75) is 32.4 Å². The van der Waals surface area contributed by atoms with Crippen LogP contribution in [0.15, 0.2) is 6.20 Å². The van der Waals surface area contributed by atoms with Crippen molar-refractivity contribution < 1.29 is 0 Å². The number of rotatable bonds is 3. The fourth-order valence-electron chi connectivity index (χ4n) is 1.78. The molecule has 2 heterocycles. The molecule has 1 aromatic heterocycles. The van der Waals surface area contributed by atoms with E-state index in [1.807, 2.05) is 17.5 Å². The van der Waals surface area contributed by atoms with Gasteiger partial charge in [-0.3, -0.25) is 4.90 Å². The lowest BCUT2D eigenvalue weighted by Gasteiger charge is -2.12. The van der Waals surface area contributed by atoms with Crippen molar-refractivity contribution in [3.05, 3.63) is 16.1 Å². The minimum absolute atomic E-state index is 0.